The second-order valence-electron chi connectivity index (χ2n) is 3.79. The standard InChI is InChI=1S/C13H14O/c1-10(9-14)12-8-4-6-11-5-2-3-7-13(11)12/h2-3,5,7,9H,4,6,8H2,1H3/b12-10+. The van der Waals surface area contributed by atoms with E-state index in [2.05, 4.69) is 18.2 Å². The third-order valence-electron chi connectivity index (χ3n) is 2.87. The van der Waals surface area contributed by atoms with E-state index >= 15 is 0 Å². The third kappa shape index (κ3) is 1.50. The molecule has 72 valence electrons. The lowest BCUT2D eigenvalue weighted by molar-refractivity contribution is -0.104. The normalized spacial score (nSPS) is 18.6. The number of aldehydes is 1. The van der Waals surface area contributed by atoms with Crippen LogP contribution in [0, 0.1) is 0 Å². The maximum absolute atomic E-state index is 10.8. The second-order valence-corrected chi connectivity index (χ2v) is 3.79. The van der Waals surface area contributed by atoms with Crippen molar-refractivity contribution >= 4 is 11.9 Å². The van der Waals surface area contributed by atoms with Crippen molar-refractivity contribution in [2.24, 2.45) is 0 Å². The van der Waals surface area contributed by atoms with Crippen molar-refractivity contribution in [1.82, 2.24) is 0 Å². The molecule has 2 rings (SSSR count). The second kappa shape index (κ2) is 3.79. The lowest BCUT2D eigenvalue weighted by atomic mass is 9.85. The van der Waals surface area contributed by atoms with Crippen LogP contribution in [0.4, 0.5) is 0 Å². The van der Waals surface area contributed by atoms with Crippen LogP contribution in [0.5, 0.6) is 0 Å². The van der Waals surface area contributed by atoms with Gasteiger partial charge in [-0.15, -0.1) is 0 Å². The number of hydrogen-bond acceptors (Lipinski definition) is 1. The molecule has 0 heterocycles. The summed E-state index contributed by atoms with van der Waals surface area (Å²) in [5.74, 6) is 0. The van der Waals surface area contributed by atoms with E-state index in [1.54, 1.807) is 0 Å². The van der Waals surface area contributed by atoms with Gasteiger partial charge in [-0.1, -0.05) is 24.3 Å². The van der Waals surface area contributed by atoms with E-state index in [0.717, 1.165) is 31.1 Å². The lowest BCUT2D eigenvalue weighted by Crippen LogP contribution is -2.03. The molecule has 1 aromatic rings. The van der Waals surface area contributed by atoms with Crippen LogP contribution in [0.1, 0.15) is 30.9 Å². The van der Waals surface area contributed by atoms with Gasteiger partial charge in [0.1, 0.15) is 6.29 Å². The highest BCUT2D eigenvalue weighted by Crippen LogP contribution is 2.32. The molecule has 1 nitrogen and oxygen atoms in total. The summed E-state index contributed by atoms with van der Waals surface area (Å²) in [7, 11) is 0. The molecule has 0 aromatic heterocycles. The average Bonchev–Trinajstić information content (AvgIpc) is 2.27. The van der Waals surface area contributed by atoms with Gasteiger partial charge in [0.25, 0.3) is 0 Å². The van der Waals surface area contributed by atoms with E-state index in [1.807, 2.05) is 13.0 Å². The van der Waals surface area contributed by atoms with Gasteiger partial charge in [-0.2, -0.15) is 0 Å². The van der Waals surface area contributed by atoms with E-state index < -0.39 is 0 Å². The van der Waals surface area contributed by atoms with E-state index in [-0.39, 0.29) is 0 Å². The topological polar surface area (TPSA) is 17.1 Å². The van der Waals surface area contributed by atoms with Gasteiger partial charge in [-0.25, -0.2) is 0 Å². The zero-order valence-corrected chi connectivity index (χ0v) is 8.42. The Morgan fingerprint density at radius 3 is 2.86 bits per heavy atom. The first-order valence-corrected chi connectivity index (χ1v) is 5.06. The minimum Gasteiger partial charge on any atom is -0.298 e. The molecule has 1 aliphatic rings. The molecule has 0 saturated carbocycles. The van der Waals surface area contributed by atoms with Crippen molar-refractivity contribution < 1.29 is 4.79 Å². The number of carbonyl (C=O) groups excluding carboxylic acids is 1. The lowest BCUT2D eigenvalue weighted by Gasteiger charge is -2.19. The molecule has 14 heavy (non-hydrogen) atoms. The molecule has 0 fully saturated rings. The molecule has 0 spiro atoms. The molecular weight excluding hydrogens is 172 g/mol. The maximum Gasteiger partial charge on any atom is 0.146 e. The summed E-state index contributed by atoms with van der Waals surface area (Å²) < 4.78 is 0. The quantitative estimate of drug-likeness (QED) is 0.486. The van der Waals surface area contributed by atoms with Gasteiger partial charge in [-0.3, -0.25) is 4.79 Å². The average molecular weight is 186 g/mol. The summed E-state index contributed by atoms with van der Waals surface area (Å²) in [6, 6.07) is 8.39. The van der Waals surface area contributed by atoms with Gasteiger partial charge in [-0.05, 0) is 48.5 Å². The minimum atomic E-state index is 0.886. The summed E-state index contributed by atoms with van der Waals surface area (Å²) in [5, 5.41) is 0. The van der Waals surface area contributed by atoms with Crippen molar-refractivity contribution in [2.45, 2.75) is 26.2 Å². The molecule has 0 bridgehead atoms. The summed E-state index contributed by atoms with van der Waals surface area (Å²) in [6.45, 7) is 1.91. The van der Waals surface area contributed by atoms with Crippen LogP contribution in [0.3, 0.4) is 0 Å². The van der Waals surface area contributed by atoms with Gasteiger partial charge >= 0.3 is 0 Å². The van der Waals surface area contributed by atoms with Gasteiger partial charge in [0.05, 0.1) is 0 Å². The Kier molecular flexibility index (Phi) is 2.49. The van der Waals surface area contributed by atoms with Crippen molar-refractivity contribution in [3.63, 3.8) is 0 Å². The highest BCUT2D eigenvalue weighted by molar-refractivity contribution is 5.88. The summed E-state index contributed by atoms with van der Waals surface area (Å²) in [4.78, 5) is 10.8. The number of hydrogen-bond donors (Lipinski definition) is 0. The van der Waals surface area contributed by atoms with Crippen LogP contribution in [0.2, 0.25) is 0 Å². The van der Waals surface area contributed by atoms with Gasteiger partial charge in [0.15, 0.2) is 0 Å². The molecule has 0 atom stereocenters. The van der Waals surface area contributed by atoms with Crippen LogP contribution in [0.25, 0.3) is 5.57 Å². The molecule has 0 N–H and O–H groups in total. The van der Waals surface area contributed by atoms with Crippen molar-refractivity contribution in [1.29, 1.82) is 0 Å². The molecule has 0 saturated heterocycles. The van der Waals surface area contributed by atoms with Crippen LogP contribution >= 0.6 is 0 Å². The first-order chi connectivity index (χ1) is 6.83. The third-order valence-corrected chi connectivity index (χ3v) is 2.87. The van der Waals surface area contributed by atoms with Crippen molar-refractivity contribution in [2.75, 3.05) is 0 Å². The fourth-order valence-electron chi connectivity index (χ4n) is 2.10. The van der Waals surface area contributed by atoms with E-state index in [9.17, 15) is 4.79 Å². The number of carbonyl (C=O) groups is 1. The van der Waals surface area contributed by atoms with E-state index in [1.165, 1.54) is 16.7 Å². The predicted molar refractivity (Wildman–Crippen MR) is 58.0 cm³/mol. The molecule has 0 unspecified atom stereocenters. The number of allylic oxidation sites excluding steroid dienone is 2. The van der Waals surface area contributed by atoms with Gasteiger partial charge in [0.2, 0.25) is 0 Å². The number of fused-ring (bicyclic) bond motifs is 1. The monoisotopic (exact) mass is 186 g/mol. The Hall–Kier alpha value is -1.37. The summed E-state index contributed by atoms with van der Waals surface area (Å²) >= 11 is 0. The van der Waals surface area contributed by atoms with Crippen LogP contribution < -0.4 is 0 Å². The SMILES string of the molecule is C/C(C=O)=C1/CCCc2ccccc21. The van der Waals surface area contributed by atoms with Gasteiger partial charge in [0, 0.05) is 0 Å². The number of aryl methyl sites for hydroxylation is 1. The molecular formula is C13H14O. The highest BCUT2D eigenvalue weighted by Gasteiger charge is 2.14. The van der Waals surface area contributed by atoms with Crippen molar-refractivity contribution in [3.05, 3.63) is 41.0 Å². The smallest absolute Gasteiger partial charge is 0.146 e. The molecule has 1 heteroatoms. The van der Waals surface area contributed by atoms with Crippen LogP contribution in [0.15, 0.2) is 29.8 Å². The molecule has 0 radical (unpaired) electrons. The summed E-state index contributed by atoms with van der Waals surface area (Å²) in [6.07, 6.45) is 4.32. The fourth-order valence-corrected chi connectivity index (χ4v) is 2.10. The maximum atomic E-state index is 10.8. The summed E-state index contributed by atoms with van der Waals surface area (Å²) in [5.41, 5.74) is 4.79. The van der Waals surface area contributed by atoms with E-state index in [4.69, 9.17) is 0 Å². The largest absolute Gasteiger partial charge is 0.298 e. The Balaban J connectivity index is 2.56. The zero-order chi connectivity index (χ0) is 9.97. The van der Waals surface area contributed by atoms with Crippen LogP contribution in [-0.2, 0) is 11.2 Å². The number of rotatable bonds is 1. The molecule has 1 aliphatic carbocycles. The molecule has 0 aliphatic heterocycles. The first-order valence-electron chi connectivity index (χ1n) is 5.06. The molecule has 1 aromatic carbocycles. The zero-order valence-electron chi connectivity index (χ0n) is 8.42. The van der Waals surface area contributed by atoms with Crippen molar-refractivity contribution in [3.8, 4) is 0 Å². The fraction of sp³-hybridized carbons (Fsp3) is 0.308. The Morgan fingerprint density at radius 2 is 2.07 bits per heavy atom. The Labute approximate surface area is 84.5 Å². The number of benzene rings is 1. The highest BCUT2D eigenvalue weighted by atomic mass is 16.1. The van der Waals surface area contributed by atoms with E-state index in [0.29, 0.717) is 0 Å². The minimum absolute atomic E-state index is 0.886. The van der Waals surface area contributed by atoms with Gasteiger partial charge < -0.3 is 0 Å². The Morgan fingerprint density at radius 1 is 1.29 bits per heavy atom. The molecule has 0 amide bonds. The van der Waals surface area contributed by atoms with Crippen LogP contribution in [-0.4, -0.2) is 6.29 Å². The predicted octanol–water partition coefficient (Wildman–Crippen LogP) is 3.00. The Bertz CT molecular complexity index is 388. The first kappa shape index (κ1) is 9.20.